The maximum atomic E-state index is 11.9. The van der Waals surface area contributed by atoms with Crippen LogP contribution in [0.1, 0.15) is 27.0 Å². The largest absolute Gasteiger partial charge is 0.465 e. The van der Waals surface area contributed by atoms with Crippen LogP contribution in [0.25, 0.3) is 0 Å². The van der Waals surface area contributed by atoms with E-state index in [0.717, 1.165) is 21.7 Å². The molecule has 0 aromatic heterocycles. The average Bonchev–Trinajstić information content (AvgIpc) is 2.45. The van der Waals surface area contributed by atoms with Gasteiger partial charge in [0.05, 0.1) is 6.26 Å². The van der Waals surface area contributed by atoms with Crippen molar-refractivity contribution in [1.29, 1.82) is 0 Å². The van der Waals surface area contributed by atoms with Crippen LogP contribution in [-0.2, 0) is 0 Å². The quantitative estimate of drug-likeness (QED) is 0.449. The molecule has 21 heavy (non-hydrogen) atoms. The minimum absolute atomic E-state index is 0.0857. The van der Waals surface area contributed by atoms with Gasteiger partial charge in [0.25, 0.3) is 0 Å². The SMILES string of the molecule is Cc1ccc(C(=O)C=COc2cc(C)c(Cl)c(C)c2)cc1. The van der Waals surface area contributed by atoms with Crippen LogP contribution in [-0.4, -0.2) is 5.78 Å². The molecule has 2 nitrogen and oxygen atoms in total. The summed E-state index contributed by atoms with van der Waals surface area (Å²) in [6, 6.07) is 11.1. The van der Waals surface area contributed by atoms with E-state index in [4.69, 9.17) is 16.3 Å². The van der Waals surface area contributed by atoms with E-state index in [9.17, 15) is 4.79 Å². The molecule has 0 saturated heterocycles. The molecule has 0 amide bonds. The molecule has 0 aliphatic heterocycles. The van der Waals surface area contributed by atoms with Gasteiger partial charge in [0.2, 0.25) is 0 Å². The van der Waals surface area contributed by atoms with Crippen LogP contribution in [0.3, 0.4) is 0 Å². The Hall–Kier alpha value is -2.06. The molecule has 0 unspecified atom stereocenters. The van der Waals surface area contributed by atoms with Gasteiger partial charge in [-0.1, -0.05) is 41.4 Å². The highest BCUT2D eigenvalue weighted by molar-refractivity contribution is 6.32. The molecule has 0 radical (unpaired) electrons. The van der Waals surface area contributed by atoms with Crippen LogP contribution in [0.4, 0.5) is 0 Å². The first-order chi connectivity index (χ1) is 9.97. The summed E-state index contributed by atoms with van der Waals surface area (Å²) in [6.45, 7) is 5.82. The smallest absolute Gasteiger partial charge is 0.188 e. The van der Waals surface area contributed by atoms with Gasteiger partial charge in [-0.25, -0.2) is 0 Å². The Morgan fingerprint density at radius 1 is 1.05 bits per heavy atom. The zero-order valence-electron chi connectivity index (χ0n) is 12.3. The number of allylic oxidation sites excluding steroid dienone is 1. The minimum Gasteiger partial charge on any atom is -0.465 e. The Labute approximate surface area is 130 Å². The van der Waals surface area contributed by atoms with E-state index >= 15 is 0 Å². The van der Waals surface area contributed by atoms with Gasteiger partial charge in [-0.2, -0.15) is 0 Å². The monoisotopic (exact) mass is 300 g/mol. The Morgan fingerprint density at radius 2 is 1.62 bits per heavy atom. The number of ketones is 1. The highest BCUT2D eigenvalue weighted by Gasteiger charge is 2.04. The van der Waals surface area contributed by atoms with Crippen LogP contribution >= 0.6 is 11.6 Å². The summed E-state index contributed by atoms with van der Waals surface area (Å²) >= 11 is 6.10. The van der Waals surface area contributed by atoms with Crippen molar-refractivity contribution in [3.05, 3.63) is 76.0 Å². The van der Waals surface area contributed by atoms with E-state index in [2.05, 4.69) is 0 Å². The normalized spacial score (nSPS) is 10.9. The maximum absolute atomic E-state index is 11.9. The van der Waals surface area contributed by atoms with Crippen molar-refractivity contribution in [3.8, 4) is 5.75 Å². The Bertz CT molecular complexity index is 662. The predicted molar refractivity (Wildman–Crippen MR) is 86.2 cm³/mol. The fourth-order valence-corrected chi connectivity index (χ4v) is 2.07. The number of carbonyl (C=O) groups is 1. The molecule has 0 aliphatic rings. The second-order valence-electron chi connectivity index (χ2n) is 5.02. The molecule has 0 aliphatic carbocycles. The van der Waals surface area contributed by atoms with Crippen molar-refractivity contribution < 1.29 is 9.53 Å². The Balaban J connectivity index is 2.05. The molecular weight excluding hydrogens is 284 g/mol. The number of hydrogen-bond donors (Lipinski definition) is 0. The zero-order valence-corrected chi connectivity index (χ0v) is 13.1. The van der Waals surface area contributed by atoms with Crippen molar-refractivity contribution in [3.63, 3.8) is 0 Å². The topological polar surface area (TPSA) is 26.3 Å². The standard InChI is InChI=1S/C18H17ClO2/c1-12-4-6-15(7-5-12)17(20)8-9-21-16-10-13(2)18(19)14(3)11-16/h4-11H,1-3H3. The van der Waals surface area contributed by atoms with E-state index in [1.54, 1.807) is 12.1 Å². The second kappa shape index (κ2) is 6.59. The van der Waals surface area contributed by atoms with Gasteiger partial charge in [-0.3, -0.25) is 4.79 Å². The van der Waals surface area contributed by atoms with E-state index in [1.807, 2.05) is 45.0 Å². The fourth-order valence-electron chi connectivity index (χ4n) is 1.96. The first kappa shape index (κ1) is 15.3. The highest BCUT2D eigenvalue weighted by atomic mass is 35.5. The first-order valence-corrected chi connectivity index (χ1v) is 7.06. The molecule has 0 N–H and O–H groups in total. The fraction of sp³-hybridized carbons (Fsp3) is 0.167. The first-order valence-electron chi connectivity index (χ1n) is 6.68. The lowest BCUT2D eigenvalue weighted by molar-refractivity contribution is 0.104. The summed E-state index contributed by atoms with van der Waals surface area (Å²) in [6.07, 6.45) is 2.83. The molecule has 2 aromatic rings. The molecule has 2 rings (SSSR count). The summed E-state index contributed by atoms with van der Waals surface area (Å²) in [7, 11) is 0. The highest BCUT2D eigenvalue weighted by Crippen LogP contribution is 2.25. The van der Waals surface area contributed by atoms with Crippen molar-refractivity contribution >= 4 is 17.4 Å². The lowest BCUT2D eigenvalue weighted by atomic mass is 10.1. The number of carbonyl (C=O) groups excluding carboxylic acids is 1. The maximum Gasteiger partial charge on any atom is 0.188 e. The number of benzene rings is 2. The molecule has 3 heteroatoms. The van der Waals surface area contributed by atoms with Crippen LogP contribution in [0, 0.1) is 20.8 Å². The molecule has 0 bridgehead atoms. The summed E-state index contributed by atoms with van der Waals surface area (Å²) in [4.78, 5) is 11.9. The summed E-state index contributed by atoms with van der Waals surface area (Å²) < 4.78 is 5.48. The lowest BCUT2D eigenvalue weighted by Gasteiger charge is -2.06. The summed E-state index contributed by atoms with van der Waals surface area (Å²) in [5.41, 5.74) is 3.66. The van der Waals surface area contributed by atoms with Crippen molar-refractivity contribution in [2.75, 3.05) is 0 Å². The third-order valence-corrected chi connectivity index (χ3v) is 3.77. The molecule has 0 spiro atoms. The average molecular weight is 301 g/mol. The molecule has 108 valence electrons. The van der Waals surface area contributed by atoms with Crippen molar-refractivity contribution in [2.45, 2.75) is 20.8 Å². The van der Waals surface area contributed by atoms with Crippen LogP contribution < -0.4 is 4.74 Å². The van der Waals surface area contributed by atoms with Crippen LogP contribution in [0.5, 0.6) is 5.75 Å². The van der Waals surface area contributed by atoms with Gasteiger partial charge < -0.3 is 4.74 Å². The number of ether oxygens (including phenoxy) is 1. The number of halogens is 1. The van der Waals surface area contributed by atoms with E-state index < -0.39 is 0 Å². The minimum atomic E-state index is -0.0857. The summed E-state index contributed by atoms with van der Waals surface area (Å²) in [5, 5.41) is 0.738. The van der Waals surface area contributed by atoms with Gasteiger partial charge in [0.15, 0.2) is 5.78 Å². The number of rotatable bonds is 4. The Kier molecular flexibility index (Phi) is 4.81. The molecule has 2 aromatic carbocycles. The van der Waals surface area contributed by atoms with Gasteiger partial charge in [0.1, 0.15) is 5.75 Å². The molecule has 0 saturated carbocycles. The van der Waals surface area contributed by atoms with Gasteiger partial charge in [0, 0.05) is 16.7 Å². The van der Waals surface area contributed by atoms with E-state index in [-0.39, 0.29) is 5.78 Å². The third-order valence-electron chi connectivity index (χ3n) is 3.17. The van der Waals surface area contributed by atoms with E-state index in [1.165, 1.54) is 12.3 Å². The summed E-state index contributed by atoms with van der Waals surface area (Å²) in [5.74, 6) is 0.583. The van der Waals surface area contributed by atoms with Gasteiger partial charge >= 0.3 is 0 Å². The Morgan fingerprint density at radius 3 is 2.19 bits per heavy atom. The zero-order chi connectivity index (χ0) is 15.4. The molecule has 0 atom stereocenters. The van der Waals surface area contributed by atoms with Crippen LogP contribution in [0.15, 0.2) is 48.7 Å². The molecule has 0 heterocycles. The van der Waals surface area contributed by atoms with E-state index in [0.29, 0.717) is 11.3 Å². The van der Waals surface area contributed by atoms with Gasteiger partial charge in [-0.15, -0.1) is 0 Å². The number of hydrogen-bond acceptors (Lipinski definition) is 2. The van der Waals surface area contributed by atoms with Crippen LogP contribution in [0.2, 0.25) is 5.02 Å². The number of aryl methyl sites for hydroxylation is 3. The van der Waals surface area contributed by atoms with Crippen molar-refractivity contribution in [2.24, 2.45) is 0 Å². The molecular formula is C18H17ClO2. The molecule has 0 fully saturated rings. The lowest BCUT2D eigenvalue weighted by Crippen LogP contribution is -1.95. The van der Waals surface area contributed by atoms with Crippen molar-refractivity contribution in [1.82, 2.24) is 0 Å². The second-order valence-corrected chi connectivity index (χ2v) is 5.40. The third kappa shape index (κ3) is 3.96. The predicted octanol–water partition coefficient (Wildman–Crippen LogP) is 5.04. The van der Waals surface area contributed by atoms with Gasteiger partial charge in [-0.05, 0) is 44.0 Å².